The molecule has 0 aliphatic carbocycles. The summed E-state index contributed by atoms with van der Waals surface area (Å²) in [5.41, 5.74) is 3.72. The summed E-state index contributed by atoms with van der Waals surface area (Å²) in [6, 6.07) is 8.08. The Morgan fingerprint density at radius 3 is 2.88 bits per heavy atom. The number of benzene rings is 1. The third kappa shape index (κ3) is 4.24. The first-order valence-electron chi connectivity index (χ1n) is 9.98. The molecule has 1 aliphatic heterocycles. The number of amides is 2. The van der Waals surface area contributed by atoms with Crippen molar-refractivity contribution in [3.8, 4) is 5.69 Å². The molecule has 0 bridgehead atoms. The number of nitrogens with one attached hydrogen (secondary N) is 2. The lowest BCUT2D eigenvalue weighted by Gasteiger charge is -2.27. The van der Waals surface area contributed by atoms with E-state index in [2.05, 4.69) is 26.2 Å². The zero-order chi connectivity index (χ0) is 22.7. The number of furan rings is 1. The van der Waals surface area contributed by atoms with Crippen molar-refractivity contribution in [1.29, 1.82) is 0 Å². The summed E-state index contributed by atoms with van der Waals surface area (Å²) in [7, 11) is 0. The number of urea groups is 1. The van der Waals surface area contributed by atoms with E-state index in [0.717, 1.165) is 16.8 Å². The number of tetrazole rings is 1. The van der Waals surface area contributed by atoms with Crippen LogP contribution in [0.1, 0.15) is 29.9 Å². The van der Waals surface area contributed by atoms with Gasteiger partial charge in [0.2, 0.25) is 5.16 Å². The van der Waals surface area contributed by atoms with E-state index in [4.69, 9.17) is 9.15 Å². The van der Waals surface area contributed by atoms with Crippen molar-refractivity contribution in [3.05, 3.63) is 64.8 Å². The van der Waals surface area contributed by atoms with Crippen molar-refractivity contribution in [2.24, 2.45) is 0 Å². The highest BCUT2D eigenvalue weighted by Crippen LogP contribution is 2.31. The SMILES string of the molecule is CCOC(=O)C1=C(CSc2nnnn2-c2cccc(C)c2C)NC(=O)NC1c1ccco1. The molecular formula is C21H22N6O4S. The first kappa shape index (κ1) is 21.6. The first-order chi connectivity index (χ1) is 15.5. The number of aromatic nitrogens is 4. The summed E-state index contributed by atoms with van der Waals surface area (Å²) in [6.45, 7) is 5.95. The number of hydrogen-bond donors (Lipinski definition) is 2. The monoisotopic (exact) mass is 454 g/mol. The molecule has 1 unspecified atom stereocenters. The molecule has 1 atom stereocenters. The number of ether oxygens (including phenoxy) is 1. The second-order valence-corrected chi connectivity index (χ2v) is 7.98. The van der Waals surface area contributed by atoms with Gasteiger partial charge in [0.15, 0.2) is 0 Å². The van der Waals surface area contributed by atoms with Crippen LogP contribution in [0, 0.1) is 13.8 Å². The van der Waals surface area contributed by atoms with Gasteiger partial charge in [0.05, 0.1) is 24.1 Å². The molecule has 2 aromatic heterocycles. The van der Waals surface area contributed by atoms with E-state index < -0.39 is 18.0 Å². The Hall–Kier alpha value is -3.60. The van der Waals surface area contributed by atoms with E-state index in [1.165, 1.54) is 18.0 Å². The van der Waals surface area contributed by atoms with Crippen molar-refractivity contribution in [2.75, 3.05) is 12.4 Å². The molecule has 2 N–H and O–H groups in total. The van der Waals surface area contributed by atoms with Gasteiger partial charge < -0.3 is 19.8 Å². The van der Waals surface area contributed by atoms with Crippen LogP contribution in [0.5, 0.6) is 0 Å². The lowest BCUT2D eigenvalue weighted by Crippen LogP contribution is -2.46. The third-order valence-corrected chi connectivity index (χ3v) is 6.01. The standard InChI is InChI=1S/C21H22N6O4S/c1-4-30-19(28)17-14(22-20(29)23-18(17)16-9-6-10-31-16)11-32-21-24-25-26-27(21)15-8-5-7-12(2)13(15)3/h5-10,18H,4,11H2,1-3H3,(H2,22,23,29). The lowest BCUT2D eigenvalue weighted by molar-refractivity contribution is -0.139. The van der Waals surface area contributed by atoms with Gasteiger partial charge in [-0.15, -0.1) is 5.10 Å². The Morgan fingerprint density at radius 1 is 1.28 bits per heavy atom. The average molecular weight is 455 g/mol. The number of hydrogen-bond acceptors (Lipinski definition) is 8. The fourth-order valence-electron chi connectivity index (χ4n) is 3.37. The largest absolute Gasteiger partial charge is 0.467 e. The molecular weight excluding hydrogens is 432 g/mol. The van der Waals surface area contributed by atoms with Gasteiger partial charge in [-0.25, -0.2) is 9.59 Å². The van der Waals surface area contributed by atoms with Crippen molar-refractivity contribution in [1.82, 2.24) is 30.8 Å². The molecule has 2 amide bonds. The maximum absolute atomic E-state index is 12.8. The highest BCUT2D eigenvalue weighted by Gasteiger charge is 2.35. The van der Waals surface area contributed by atoms with Crippen LogP contribution in [-0.4, -0.2) is 44.6 Å². The van der Waals surface area contributed by atoms with Crippen LogP contribution in [0.4, 0.5) is 4.79 Å². The molecule has 3 aromatic rings. The van der Waals surface area contributed by atoms with Crippen LogP contribution in [0.2, 0.25) is 0 Å². The van der Waals surface area contributed by atoms with E-state index in [1.54, 1.807) is 23.7 Å². The Labute approximate surface area is 188 Å². The van der Waals surface area contributed by atoms with Crippen molar-refractivity contribution < 1.29 is 18.7 Å². The number of thioether (sulfide) groups is 1. The van der Waals surface area contributed by atoms with E-state index in [-0.39, 0.29) is 17.9 Å². The molecule has 11 heteroatoms. The summed E-state index contributed by atoms with van der Waals surface area (Å²) < 4.78 is 12.3. The smallest absolute Gasteiger partial charge is 0.338 e. The normalized spacial score (nSPS) is 16.0. The average Bonchev–Trinajstić information content (AvgIpc) is 3.46. The molecule has 32 heavy (non-hydrogen) atoms. The van der Waals surface area contributed by atoms with E-state index in [9.17, 15) is 9.59 Å². The maximum atomic E-state index is 12.8. The summed E-state index contributed by atoms with van der Waals surface area (Å²) >= 11 is 1.30. The Bertz CT molecular complexity index is 1170. The summed E-state index contributed by atoms with van der Waals surface area (Å²) in [4.78, 5) is 25.1. The number of carbonyl (C=O) groups excluding carboxylic acids is 2. The quantitative estimate of drug-likeness (QED) is 0.413. The molecule has 1 aliphatic rings. The van der Waals surface area contributed by atoms with Gasteiger partial charge in [0, 0.05) is 11.4 Å². The molecule has 0 saturated heterocycles. The van der Waals surface area contributed by atoms with Crippen molar-refractivity contribution >= 4 is 23.8 Å². The Kier molecular flexibility index (Phi) is 6.26. The van der Waals surface area contributed by atoms with Gasteiger partial charge in [-0.3, -0.25) is 0 Å². The molecule has 10 nitrogen and oxygen atoms in total. The summed E-state index contributed by atoms with van der Waals surface area (Å²) in [6.07, 6.45) is 1.49. The topological polar surface area (TPSA) is 124 Å². The lowest BCUT2D eigenvalue weighted by atomic mass is 10.0. The molecule has 4 rings (SSSR count). The molecule has 0 spiro atoms. The van der Waals surface area contributed by atoms with Crippen LogP contribution in [0.25, 0.3) is 5.69 Å². The Balaban J connectivity index is 1.67. The highest BCUT2D eigenvalue weighted by atomic mass is 32.2. The van der Waals surface area contributed by atoms with Gasteiger partial charge in [-0.1, -0.05) is 23.9 Å². The van der Waals surface area contributed by atoms with Crippen molar-refractivity contribution in [2.45, 2.75) is 32.0 Å². The van der Waals surface area contributed by atoms with Gasteiger partial charge in [0.1, 0.15) is 11.8 Å². The van der Waals surface area contributed by atoms with Gasteiger partial charge in [-0.05, 0) is 60.5 Å². The highest BCUT2D eigenvalue weighted by molar-refractivity contribution is 7.99. The third-order valence-electron chi connectivity index (χ3n) is 5.07. The van der Waals surface area contributed by atoms with Crippen LogP contribution in [-0.2, 0) is 9.53 Å². The molecule has 0 saturated carbocycles. The first-order valence-corrected chi connectivity index (χ1v) is 11.0. The molecule has 1 aromatic carbocycles. The molecule has 0 fully saturated rings. The summed E-state index contributed by atoms with van der Waals surface area (Å²) in [5.74, 6) is 0.140. The van der Waals surface area contributed by atoms with Crippen molar-refractivity contribution in [3.63, 3.8) is 0 Å². The number of esters is 1. The number of nitrogens with zero attached hydrogens (tertiary/aromatic N) is 4. The van der Waals surface area contributed by atoms with E-state index in [1.807, 2.05) is 32.0 Å². The predicted molar refractivity (Wildman–Crippen MR) is 116 cm³/mol. The molecule has 0 radical (unpaired) electrons. The Morgan fingerprint density at radius 2 is 2.12 bits per heavy atom. The van der Waals surface area contributed by atoms with Crippen LogP contribution >= 0.6 is 11.8 Å². The predicted octanol–water partition coefficient (Wildman–Crippen LogP) is 2.84. The summed E-state index contributed by atoms with van der Waals surface area (Å²) in [5, 5.41) is 18.0. The molecule has 166 valence electrons. The maximum Gasteiger partial charge on any atom is 0.338 e. The number of carbonyl (C=O) groups is 2. The molecule has 3 heterocycles. The minimum Gasteiger partial charge on any atom is -0.467 e. The van der Waals surface area contributed by atoms with Gasteiger partial charge in [0.25, 0.3) is 0 Å². The number of rotatable bonds is 7. The van der Waals surface area contributed by atoms with E-state index in [0.29, 0.717) is 16.6 Å². The van der Waals surface area contributed by atoms with Gasteiger partial charge >= 0.3 is 12.0 Å². The van der Waals surface area contributed by atoms with Crippen LogP contribution in [0.15, 0.2) is 57.4 Å². The fraction of sp³-hybridized carbons (Fsp3) is 0.286. The second kappa shape index (κ2) is 9.27. The number of aryl methyl sites for hydroxylation is 1. The minimum absolute atomic E-state index is 0.201. The second-order valence-electron chi connectivity index (χ2n) is 7.04. The minimum atomic E-state index is -0.761. The van der Waals surface area contributed by atoms with Crippen LogP contribution < -0.4 is 10.6 Å². The van der Waals surface area contributed by atoms with Crippen LogP contribution in [0.3, 0.4) is 0 Å². The van der Waals surface area contributed by atoms with Gasteiger partial charge in [-0.2, -0.15) is 4.68 Å². The zero-order valence-electron chi connectivity index (χ0n) is 17.8. The zero-order valence-corrected chi connectivity index (χ0v) is 18.6. The van der Waals surface area contributed by atoms with E-state index >= 15 is 0 Å². The fourth-order valence-corrected chi connectivity index (χ4v) is 4.22.